The number of carbonyl (C=O) groups is 1. The molecule has 11 heavy (non-hydrogen) atoms. The Morgan fingerprint density at radius 1 is 1.73 bits per heavy atom. The van der Waals surface area contributed by atoms with Crippen LogP contribution < -0.4 is 0 Å². The number of pyridine rings is 1. The van der Waals surface area contributed by atoms with E-state index in [9.17, 15) is 4.79 Å². The molecule has 0 unspecified atom stereocenters. The largest absolute Gasteiger partial charge is 0.367 e. The maximum atomic E-state index is 10.8. The van der Waals surface area contributed by atoms with E-state index in [-0.39, 0.29) is 0 Å². The molecule has 4 nitrogen and oxygen atoms in total. The summed E-state index contributed by atoms with van der Waals surface area (Å²) < 4.78 is 0. The summed E-state index contributed by atoms with van der Waals surface area (Å²) in [6.45, 7) is 3.01. The van der Waals surface area contributed by atoms with Gasteiger partial charge in [-0.2, -0.15) is 0 Å². The third-order valence-electron chi connectivity index (χ3n) is 1.04. The Bertz CT molecular complexity index is 258. The van der Waals surface area contributed by atoms with E-state index in [1.807, 2.05) is 0 Å². The highest BCUT2D eigenvalue weighted by Crippen LogP contribution is 1.97. The van der Waals surface area contributed by atoms with Crippen LogP contribution in [0.3, 0.4) is 0 Å². The Morgan fingerprint density at radius 3 is 3.09 bits per heavy atom. The number of hydrogen-bond donors (Lipinski definition) is 0. The highest BCUT2D eigenvalue weighted by molar-refractivity contribution is 5.88. The number of oxime groups is 1. The molecule has 0 saturated heterocycles. The van der Waals surface area contributed by atoms with Crippen molar-refractivity contribution in [3.8, 4) is 0 Å². The summed E-state index contributed by atoms with van der Waals surface area (Å²) in [7, 11) is 0. The average Bonchev–Trinajstić information content (AvgIpc) is 2.07. The molecule has 4 heteroatoms. The quantitative estimate of drug-likeness (QED) is 0.357. The van der Waals surface area contributed by atoms with Gasteiger partial charge in [0.05, 0.1) is 5.56 Å². The van der Waals surface area contributed by atoms with Crippen molar-refractivity contribution >= 4 is 12.7 Å². The molecule has 0 N–H and O–H groups in total. The second-order valence-corrected chi connectivity index (χ2v) is 1.75. The number of nitrogens with zero attached hydrogens (tertiary/aromatic N) is 2. The Balaban J connectivity index is 2.77. The molecule has 0 bridgehead atoms. The van der Waals surface area contributed by atoms with Gasteiger partial charge in [-0.3, -0.25) is 4.98 Å². The minimum atomic E-state index is -0.548. The van der Waals surface area contributed by atoms with Crippen molar-refractivity contribution in [3.63, 3.8) is 0 Å². The molecule has 0 aliphatic carbocycles. The predicted molar refractivity (Wildman–Crippen MR) is 39.2 cm³/mol. The summed E-state index contributed by atoms with van der Waals surface area (Å²) >= 11 is 0. The van der Waals surface area contributed by atoms with Crippen LogP contribution in [0.25, 0.3) is 0 Å². The topological polar surface area (TPSA) is 51.5 Å². The summed E-state index contributed by atoms with van der Waals surface area (Å²) in [6, 6.07) is 3.22. The monoisotopic (exact) mass is 150 g/mol. The molecular formula is C7H6N2O2. The normalized spacial score (nSPS) is 8.73. The predicted octanol–water partition coefficient (Wildman–Crippen LogP) is 0.854. The molecule has 0 aliphatic heterocycles. The zero-order valence-corrected chi connectivity index (χ0v) is 5.73. The maximum Gasteiger partial charge on any atom is 0.367 e. The van der Waals surface area contributed by atoms with E-state index in [1.165, 1.54) is 6.20 Å². The summed E-state index contributed by atoms with van der Waals surface area (Å²) in [6.07, 6.45) is 2.96. The first-order valence-corrected chi connectivity index (χ1v) is 2.92. The van der Waals surface area contributed by atoms with Crippen LogP contribution in [0.5, 0.6) is 0 Å². The SMILES string of the molecule is C=NOC(=O)c1cccnc1. The van der Waals surface area contributed by atoms with Crippen LogP contribution in [0.2, 0.25) is 0 Å². The third-order valence-corrected chi connectivity index (χ3v) is 1.04. The molecule has 0 aromatic carbocycles. The van der Waals surface area contributed by atoms with Crippen LogP contribution >= 0.6 is 0 Å². The Kier molecular flexibility index (Phi) is 2.32. The van der Waals surface area contributed by atoms with Gasteiger partial charge in [0.25, 0.3) is 0 Å². The summed E-state index contributed by atoms with van der Waals surface area (Å²) in [5.74, 6) is -0.548. The molecule has 0 atom stereocenters. The molecule has 0 saturated carbocycles. The number of aromatic nitrogens is 1. The zero-order chi connectivity index (χ0) is 8.10. The van der Waals surface area contributed by atoms with Gasteiger partial charge < -0.3 is 4.84 Å². The van der Waals surface area contributed by atoms with E-state index in [0.29, 0.717) is 5.56 Å². The van der Waals surface area contributed by atoms with E-state index in [2.05, 4.69) is 21.7 Å². The number of hydrogen-bond acceptors (Lipinski definition) is 4. The minimum absolute atomic E-state index is 0.361. The van der Waals surface area contributed by atoms with Crippen LogP contribution in [0.4, 0.5) is 0 Å². The minimum Gasteiger partial charge on any atom is -0.313 e. The van der Waals surface area contributed by atoms with Gasteiger partial charge in [0.15, 0.2) is 0 Å². The Hall–Kier alpha value is -1.71. The molecule has 56 valence electrons. The van der Waals surface area contributed by atoms with E-state index < -0.39 is 5.97 Å². The maximum absolute atomic E-state index is 10.8. The molecule has 1 heterocycles. The van der Waals surface area contributed by atoms with Gasteiger partial charge >= 0.3 is 5.97 Å². The van der Waals surface area contributed by atoms with Crippen molar-refractivity contribution in [2.75, 3.05) is 0 Å². The standard InChI is InChI=1S/C7H6N2O2/c1-8-11-7(10)6-3-2-4-9-5-6/h2-5H,1H2. The molecular weight excluding hydrogens is 144 g/mol. The van der Waals surface area contributed by atoms with E-state index in [4.69, 9.17) is 0 Å². The second-order valence-electron chi connectivity index (χ2n) is 1.75. The molecule has 0 aliphatic rings. The number of carbonyl (C=O) groups excluding carboxylic acids is 1. The summed E-state index contributed by atoms with van der Waals surface area (Å²) in [5.41, 5.74) is 0.361. The molecule has 0 spiro atoms. The average molecular weight is 150 g/mol. The van der Waals surface area contributed by atoms with Gasteiger partial charge in [0, 0.05) is 19.1 Å². The first-order valence-electron chi connectivity index (χ1n) is 2.92. The van der Waals surface area contributed by atoms with Gasteiger partial charge in [-0.1, -0.05) is 5.16 Å². The smallest absolute Gasteiger partial charge is 0.313 e. The van der Waals surface area contributed by atoms with Crippen LogP contribution in [-0.4, -0.2) is 17.7 Å². The molecule has 0 amide bonds. The first-order chi connectivity index (χ1) is 5.34. The highest BCUT2D eigenvalue weighted by atomic mass is 16.7. The van der Waals surface area contributed by atoms with Crippen molar-refractivity contribution in [2.24, 2.45) is 5.16 Å². The van der Waals surface area contributed by atoms with Crippen LogP contribution in [-0.2, 0) is 4.84 Å². The second kappa shape index (κ2) is 3.46. The fraction of sp³-hybridized carbons (Fsp3) is 0. The van der Waals surface area contributed by atoms with Crippen LogP contribution in [0, 0.1) is 0 Å². The van der Waals surface area contributed by atoms with Crippen LogP contribution in [0.15, 0.2) is 29.7 Å². The fourth-order valence-corrected chi connectivity index (χ4v) is 0.595. The molecule has 0 fully saturated rings. The van der Waals surface area contributed by atoms with E-state index >= 15 is 0 Å². The van der Waals surface area contributed by atoms with Gasteiger partial charge in [0.1, 0.15) is 0 Å². The lowest BCUT2D eigenvalue weighted by Crippen LogP contribution is -1.99. The third kappa shape index (κ3) is 1.86. The van der Waals surface area contributed by atoms with Crippen molar-refractivity contribution < 1.29 is 9.63 Å². The Morgan fingerprint density at radius 2 is 2.55 bits per heavy atom. The van der Waals surface area contributed by atoms with Crippen molar-refractivity contribution in [1.82, 2.24) is 4.98 Å². The van der Waals surface area contributed by atoms with Crippen molar-refractivity contribution in [2.45, 2.75) is 0 Å². The van der Waals surface area contributed by atoms with Gasteiger partial charge in [0.2, 0.25) is 0 Å². The molecule has 1 aromatic heterocycles. The first kappa shape index (κ1) is 7.40. The fourth-order valence-electron chi connectivity index (χ4n) is 0.595. The van der Waals surface area contributed by atoms with Crippen molar-refractivity contribution in [1.29, 1.82) is 0 Å². The van der Waals surface area contributed by atoms with Crippen molar-refractivity contribution in [3.05, 3.63) is 30.1 Å². The summed E-state index contributed by atoms with van der Waals surface area (Å²) in [4.78, 5) is 18.8. The lowest BCUT2D eigenvalue weighted by Gasteiger charge is -1.93. The molecule has 1 rings (SSSR count). The lowest BCUT2D eigenvalue weighted by molar-refractivity contribution is 0.0520. The molecule has 1 aromatic rings. The Labute approximate surface area is 63.5 Å². The van der Waals surface area contributed by atoms with Crippen LogP contribution in [0.1, 0.15) is 10.4 Å². The van der Waals surface area contributed by atoms with Gasteiger partial charge in [-0.25, -0.2) is 4.79 Å². The van der Waals surface area contributed by atoms with Gasteiger partial charge in [-0.05, 0) is 12.1 Å². The van der Waals surface area contributed by atoms with E-state index in [1.54, 1.807) is 18.3 Å². The summed E-state index contributed by atoms with van der Waals surface area (Å²) in [5, 5.41) is 2.98. The van der Waals surface area contributed by atoms with E-state index in [0.717, 1.165) is 0 Å². The van der Waals surface area contributed by atoms with Gasteiger partial charge in [-0.15, -0.1) is 0 Å². The highest BCUT2D eigenvalue weighted by Gasteiger charge is 2.04. The zero-order valence-electron chi connectivity index (χ0n) is 5.73. The molecule has 0 radical (unpaired) electrons. The number of rotatable bonds is 2. The lowest BCUT2D eigenvalue weighted by atomic mass is 10.3.